The molecule has 1 aromatic rings. The van der Waals surface area contributed by atoms with Gasteiger partial charge >= 0.3 is 0 Å². The van der Waals surface area contributed by atoms with Crippen molar-refractivity contribution in [2.45, 2.75) is 18.9 Å². The fourth-order valence-electron chi connectivity index (χ4n) is 1.72. The monoisotopic (exact) mass is 226 g/mol. The maximum absolute atomic E-state index is 5.82. The molecule has 4 nitrogen and oxygen atoms in total. The van der Waals surface area contributed by atoms with E-state index in [1.807, 2.05) is 0 Å². The topological polar surface area (TPSA) is 63.0 Å². The Labute approximate surface area is 94.2 Å². The van der Waals surface area contributed by atoms with Gasteiger partial charge in [-0.15, -0.1) is 0 Å². The molecular formula is C10H15ClN4. The van der Waals surface area contributed by atoms with Gasteiger partial charge in [-0.05, 0) is 38.1 Å². The Bertz CT molecular complexity index is 336. The van der Waals surface area contributed by atoms with Crippen LogP contribution in [-0.4, -0.2) is 24.1 Å². The molecule has 15 heavy (non-hydrogen) atoms. The van der Waals surface area contributed by atoms with Gasteiger partial charge in [-0.2, -0.15) is 0 Å². The van der Waals surface area contributed by atoms with E-state index in [-0.39, 0.29) is 0 Å². The Morgan fingerprint density at radius 1 is 1.40 bits per heavy atom. The van der Waals surface area contributed by atoms with E-state index in [4.69, 9.17) is 17.3 Å². The van der Waals surface area contributed by atoms with E-state index in [1.165, 1.54) is 0 Å². The third-order valence-corrected chi connectivity index (χ3v) is 2.78. The van der Waals surface area contributed by atoms with Crippen LogP contribution in [0.3, 0.4) is 0 Å². The summed E-state index contributed by atoms with van der Waals surface area (Å²) in [7, 11) is 0. The van der Waals surface area contributed by atoms with Crippen LogP contribution in [0.4, 0.5) is 11.5 Å². The smallest absolute Gasteiger partial charge is 0.151 e. The summed E-state index contributed by atoms with van der Waals surface area (Å²) < 4.78 is 0. The predicted octanol–water partition coefficient (Wildman–Crippen LogP) is 1.48. The summed E-state index contributed by atoms with van der Waals surface area (Å²) in [6.45, 7) is 2.08. The highest BCUT2D eigenvalue weighted by Gasteiger charge is 2.14. The van der Waals surface area contributed by atoms with Crippen LogP contribution in [0, 0.1) is 0 Å². The zero-order chi connectivity index (χ0) is 10.7. The molecule has 0 spiro atoms. The van der Waals surface area contributed by atoms with Crippen molar-refractivity contribution < 1.29 is 0 Å². The first-order valence-electron chi connectivity index (χ1n) is 5.15. The van der Waals surface area contributed by atoms with Gasteiger partial charge in [0.15, 0.2) is 5.82 Å². The van der Waals surface area contributed by atoms with Crippen LogP contribution in [0.2, 0.25) is 5.15 Å². The molecule has 1 fully saturated rings. The number of nitrogens with two attached hydrogens (primary N) is 1. The summed E-state index contributed by atoms with van der Waals surface area (Å²) in [6, 6.07) is 3.92. The molecule has 1 aliphatic heterocycles. The summed E-state index contributed by atoms with van der Waals surface area (Å²) >= 11 is 5.82. The lowest BCUT2D eigenvalue weighted by Gasteiger charge is -2.24. The van der Waals surface area contributed by atoms with Crippen LogP contribution in [0.15, 0.2) is 12.1 Å². The molecule has 0 aromatic carbocycles. The van der Waals surface area contributed by atoms with Crippen molar-refractivity contribution in [1.29, 1.82) is 0 Å². The van der Waals surface area contributed by atoms with Gasteiger partial charge < -0.3 is 16.4 Å². The van der Waals surface area contributed by atoms with E-state index >= 15 is 0 Å². The highest BCUT2D eigenvalue weighted by atomic mass is 35.5. The molecule has 2 rings (SSSR count). The van der Waals surface area contributed by atoms with Crippen molar-refractivity contribution in [3.8, 4) is 0 Å². The molecule has 82 valence electrons. The van der Waals surface area contributed by atoms with Crippen LogP contribution in [-0.2, 0) is 0 Å². The van der Waals surface area contributed by atoms with Crippen LogP contribution in [0.25, 0.3) is 0 Å². The molecule has 2 heterocycles. The van der Waals surface area contributed by atoms with Crippen molar-refractivity contribution in [3.63, 3.8) is 0 Å². The Balaban J connectivity index is 2.05. The van der Waals surface area contributed by atoms with Gasteiger partial charge in [0, 0.05) is 6.04 Å². The highest BCUT2D eigenvalue weighted by Crippen LogP contribution is 2.20. The van der Waals surface area contributed by atoms with Gasteiger partial charge in [-0.25, -0.2) is 4.98 Å². The molecule has 0 bridgehead atoms. The van der Waals surface area contributed by atoms with Gasteiger partial charge in [-0.3, -0.25) is 0 Å². The van der Waals surface area contributed by atoms with Crippen molar-refractivity contribution in [2.75, 3.05) is 24.1 Å². The maximum Gasteiger partial charge on any atom is 0.151 e. The number of piperidine rings is 1. The SMILES string of the molecule is Nc1ccc(Cl)nc1NC1CCNCC1. The number of anilines is 2. The average Bonchev–Trinajstić information content (AvgIpc) is 2.25. The standard InChI is InChI=1S/C10H15ClN4/c11-9-2-1-8(12)10(15-9)14-7-3-5-13-6-4-7/h1-2,7,13H,3-6,12H2,(H,14,15). The van der Waals surface area contributed by atoms with Crippen molar-refractivity contribution in [1.82, 2.24) is 10.3 Å². The van der Waals surface area contributed by atoms with Crippen molar-refractivity contribution >= 4 is 23.1 Å². The number of nitrogens with one attached hydrogen (secondary N) is 2. The zero-order valence-electron chi connectivity index (χ0n) is 8.46. The molecule has 1 aliphatic rings. The third-order valence-electron chi connectivity index (χ3n) is 2.57. The third kappa shape index (κ3) is 2.73. The first kappa shape index (κ1) is 10.5. The Kier molecular flexibility index (Phi) is 3.28. The van der Waals surface area contributed by atoms with E-state index in [0.29, 0.717) is 22.7 Å². The highest BCUT2D eigenvalue weighted by molar-refractivity contribution is 6.29. The van der Waals surface area contributed by atoms with E-state index in [9.17, 15) is 0 Å². The number of nitrogens with zero attached hydrogens (tertiary/aromatic N) is 1. The average molecular weight is 227 g/mol. The fraction of sp³-hybridized carbons (Fsp3) is 0.500. The van der Waals surface area contributed by atoms with Gasteiger partial charge in [0.2, 0.25) is 0 Å². The van der Waals surface area contributed by atoms with Gasteiger partial charge in [-0.1, -0.05) is 11.6 Å². The van der Waals surface area contributed by atoms with Crippen LogP contribution in [0.5, 0.6) is 0 Å². The summed E-state index contributed by atoms with van der Waals surface area (Å²) in [6.07, 6.45) is 2.18. The minimum absolute atomic E-state index is 0.444. The van der Waals surface area contributed by atoms with E-state index < -0.39 is 0 Å². The molecular weight excluding hydrogens is 212 g/mol. The molecule has 0 saturated carbocycles. The van der Waals surface area contributed by atoms with Crippen LogP contribution >= 0.6 is 11.6 Å². The second-order valence-corrected chi connectivity index (χ2v) is 4.13. The maximum atomic E-state index is 5.82. The molecule has 1 aromatic heterocycles. The summed E-state index contributed by atoms with van der Waals surface area (Å²) in [4.78, 5) is 4.18. The lowest BCUT2D eigenvalue weighted by atomic mass is 10.1. The zero-order valence-corrected chi connectivity index (χ0v) is 9.22. The second kappa shape index (κ2) is 4.68. The van der Waals surface area contributed by atoms with Crippen molar-refractivity contribution in [3.05, 3.63) is 17.3 Å². The normalized spacial score (nSPS) is 17.7. The number of nitrogen functional groups attached to an aromatic ring is 1. The van der Waals surface area contributed by atoms with Gasteiger partial charge in [0.05, 0.1) is 5.69 Å². The summed E-state index contributed by atoms with van der Waals surface area (Å²) in [5, 5.41) is 7.11. The summed E-state index contributed by atoms with van der Waals surface area (Å²) in [5.41, 5.74) is 6.46. The summed E-state index contributed by atoms with van der Waals surface area (Å²) in [5.74, 6) is 0.703. The molecule has 5 heteroatoms. The Morgan fingerprint density at radius 2 is 2.13 bits per heavy atom. The number of aromatic nitrogens is 1. The van der Waals surface area contributed by atoms with Gasteiger partial charge in [0.1, 0.15) is 5.15 Å². The number of rotatable bonds is 2. The first-order chi connectivity index (χ1) is 7.25. The van der Waals surface area contributed by atoms with E-state index in [1.54, 1.807) is 12.1 Å². The number of halogens is 1. The minimum Gasteiger partial charge on any atom is -0.396 e. The van der Waals surface area contributed by atoms with E-state index in [0.717, 1.165) is 25.9 Å². The van der Waals surface area contributed by atoms with Crippen molar-refractivity contribution in [2.24, 2.45) is 0 Å². The Hall–Kier alpha value is -1.00. The van der Waals surface area contributed by atoms with Crippen LogP contribution in [0.1, 0.15) is 12.8 Å². The number of pyridine rings is 1. The number of hydrogen-bond acceptors (Lipinski definition) is 4. The minimum atomic E-state index is 0.444. The fourth-order valence-corrected chi connectivity index (χ4v) is 1.87. The number of hydrogen-bond donors (Lipinski definition) is 3. The Morgan fingerprint density at radius 3 is 2.87 bits per heavy atom. The molecule has 0 radical (unpaired) electrons. The predicted molar refractivity (Wildman–Crippen MR) is 63.2 cm³/mol. The van der Waals surface area contributed by atoms with E-state index in [2.05, 4.69) is 15.6 Å². The molecule has 4 N–H and O–H groups in total. The lowest BCUT2D eigenvalue weighted by molar-refractivity contribution is 0.478. The molecule has 0 unspecified atom stereocenters. The molecule has 0 atom stereocenters. The first-order valence-corrected chi connectivity index (χ1v) is 5.53. The molecule has 0 amide bonds. The van der Waals surface area contributed by atoms with Crippen LogP contribution < -0.4 is 16.4 Å². The quantitative estimate of drug-likeness (QED) is 0.669. The molecule has 0 aliphatic carbocycles. The lowest BCUT2D eigenvalue weighted by Crippen LogP contribution is -2.35. The molecule has 1 saturated heterocycles. The largest absolute Gasteiger partial charge is 0.396 e. The second-order valence-electron chi connectivity index (χ2n) is 3.74. The van der Waals surface area contributed by atoms with Gasteiger partial charge in [0.25, 0.3) is 0 Å².